The molecule has 36 heavy (non-hydrogen) atoms. The van der Waals surface area contributed by atoms with Crippen molar-refractivity contribution < 1.29 is 23.5 Å². The molecule has 3 aromatic rings. The number of rotatable bonds is 6. The lowest BCUT2D eigenvalue weighted by Gasteiger charge is -2.24. The van der Waals surface area contributed by atoms with Crippen LogP contribution in [0.2, 0.25) is 5.02 Å². The average Bonchev–Trinajstić information content (AvgIpc) is 3.17. The predicted molar refractivity (Wildman–Crippen MR) is 134 cm³/mol. The van der Waals surface area contributed by atoms with Crippen molar-refractivity contribution in [3.63, 3.8) is 0 Å². The first-order chi connectivity index (χ1) is 17.3. The van der Waals surface area contributed by atoms with Crippen LogP contribution < -0.4 is 14.9 Å². The fourth-order valence-corrected chi connectivity index (χ4v) is 5.06. The van der Waals surface area contributed by atoms with Crippen LogP contribution in [0.25, 0.3) is 6.08 Å². The van der Waals surface area contributed by atoms with Gasteiger partial charge in [-0.05, 0) is 42.8 Å². The molecule has 0 fully saturated rings. The van der Waals surface area contributed by atoms with Crippen LogP contribution in [0.4, 0.5) is 4.39 Å². The summed E-state index contributed by atoms with van der Waals surface area (Å²) in [4.78, 5) is 43.3. The van der Waals surface area contributed by atoms with E-state index in [1.807, 2.05) is 0 Å². The molecule has 0 aliphatic carbocycles. The average molecular weight is 527 g/mol. The summed E-state index contributed by atoms with van der Waals surface area (Å²) in [5.74, 6) is -1.76. The molecular weight excluding hydrogens is 507 g/mol. The highest BCUT2D eigenvalue weighted by atomic mass is 35.5. The Labute approximate surface area is 214 Å². The van der Waals surface area contributed by atoms with Gasteiger partial charge >= 0.3 is 11.9 Å². The SMILES string of the molecule is C=CCOC(=O)C1=C(C)N=c2sc(=Cc3c(F)cccc3Cl)c(=O)n2C1c1ccc(C(=O)OC)cc1. The van der Waals surface area contributed by atoms with E-state index in [4.69, 9.17) is 21.1 Å². The van der Waals surface area contributed by atoms with E-state index in [0.717, 1.165) is 11.3 Å². The molecule has 10 heteroatoms. The maximum absolute atomic E-state index is 14.4. The van der Waals surface area contributed by atoms with Gasteiger partial charge < -0.3 is 9.47 Å². The zero-order valence-electron chi connectivity index (χ0n) is 19.3. The number of thiazole rings is 1. The summed E-state index contributed by atoms with van der Waals surface area (Å²) in [6.07, 6.45) is 2.80. The van der Waals surface area contributed by atoms with E-state index in [-0.39, 0.29) is 27.3 Å². The van der Waals surface area contributed by atoms with Crippen molar-refractivity contribution in [1.82, 2.24) is 4.57 Å². The van der Waals surface area contributed by atoms with Gasteiger partial charge in [0.1, 0.15) is 12.4 Å². The van der Waals surface area contributed by atoms with Gasteiger partial charge in [-0.2, -0.15) is 0 Å². The molecule has 0 radical (unpaired) electrons. The summed E-state index contributed by atoms with van der Waals surface area (Å²) in [7, 11) is 1.27. The predicted octanol–water partition coefficient (Wildman–Crippen LogP) is 3.54. The normalized spacial score (nSPS) is 15.2. The monoisotopic (exact) mass is 526 g/mol. The number of benzene rings is 2. The second-order valence-corrected chi connectivity index (χ2v) is 9.13. The highest BCUT2D eigenvalue weighted by Crippen LogP contribution is 2.31. The van der Waals surface area contributed by atoms with Crippen LogP contribution in [0.5, 0.6) is 0 Å². The number of hydrogen-bond donors (Lipinski definition) is 0. The van der Waals surface area contributed by atoms with E-state index >= 15 is 0 Å². The summed E-state index contributed by atoms with van der Waals surface area (Å²) in [6, 6.07) is 9.68. The number of allylic oxidation sites excluding steroid dienone is 1. The highest BCUT2D eigenvalue weighted by molar-refractivity contribution is 7.07. The van der Waals surface area contributed by atoms with Crippen LogP contribution in [-0.2, 0) is 14.3 Å². The van der Waals surface area contributed by atoms with Crippen molar-refractivity contribution >= 4 is 41.0 Å². The largest absolute Gasteiger partial charge is 0.465 e. The molecule has 1 unspecified atom stereocenters. The van der Waals surface area contributed by atoms with Gasteiger partial charge in [-0.1, -0.05) is 53.8 Å². The van der Waals surface area contributed by atoms with E-state index < -0.39 is 29.4 Å². The number of halogens is 2. The molecule has 1 atom stereocenters. The van der Waals surface area contributed by atoms with E-state index in [0.29, 0.717) is 21.6 Å². The Morgan fingerprint density at radius 1 is 1.22 bits per heavy atom. The summed E-state index contributed by atoms with van der Waals surface area (Å²) in [6.45, 7) is 5.17. The molecule has 0 spiro atoms. The lowest BCUT2D eigenvalue weighted by atomic mass is 9.95. The standard InChI is InChI=1S/C26H20ClFN2O5S/c1-4-12-35-25(33)21-14(2)29-26-30(22(21)15-8-10-16(11-9-15)24(32)34-3)23(31)20(36-26)13-17-18(27)6-5-7-19(17)28/h4-11,13,22H,1,12H2,2-3H3. The van der Waals surface area contributed by atoms with E-state index in [1.54, 1.807) is 19.1 Å². The number of fused-ring (bicyclic) bond motifs is 1. The lowest BCUT2D eigenvalue weighted by Crippen LogP contribution is -2.40. The molecule has 184 valence electrons. The van der Waals surface area contributed by atoms with Crippen molar-refractivity contribution in [3.8, 4) is 0 Å². The summed E-state index contributed by atoms with van der Waals surface area (Å²) in [5.41, 5.74) is 0.957. The second-order valence-electron chi connectivity index (χ2n) is 7.72. The van der Waals surface area contributed by atoms with Crippen LogP contribution in [0.1, 0.15) is 34.5 Å². The third kappa shape index (κ3) is 4.67. The van der Waals surface area contributed by atoms with Gasteiger partial charge in [-0.3, -0.25) is 9.36 Å². The Morgan fingerprint density at radius 3 is 2.58 bits per heavy atom. The van der Waals surface area contributed by atoms with Gasteiger partial charge in [0.25, 0.3) is 5.56 Å². The zero-order chi connectivity index (χ0) is 26.0. The Balaban J connectivity index is 1.94. The smallest absolute Gasteiger partial charge is 0.338 e. The molecule has 0 saturated heterocycles. The summed E-state index contributed by atoms with van der Waals surface area (Å²) < 4.78 is 26.0. The van der Waals surface area contributed by atoms with Crippen molar-refractivity contribution in [2.45, 2.75) is 13.0 Å². The fraction of sp³-hybridized carbons (Fsp3) is 0.154. The molecule has 0 bridgehead atoms. The zero-order valence-corrected chi connectivity index (χ0v) is 20.9. The quantitative estimate of drug-likeness (QED) is 0.362. The Bertz CT molecular complexity index is 1570. The molecular formula is C26H20ClFN2O5S. The molecule has 1 aromatic heterocycles. The first kappa shape index (κ1) is 25.3. The van der Waals surface area contributed by atoms with Crippen molar-refractivity contribution in [1.29, 1.82) is 0 Å². The first-order valence-electron chi connectivity index (χ1n) is 10.7. The summed E-state index contributed by atoms with van der Waals surface area (Å²) in [5, 5.41) is 0.153. The van der Waals surface area contributed by atoms with Crippen LogP contribution in [0.15, 0.2) is 76.2 Å². The topological polar surface area (TPSA) is 87.0 Å². The Morgan fingerprint density at radius 2 is 1.94 bits per heavy atom. The van der Waals surface area contributed by atoms with E-state index in [1.165, 1.54) is 54.2 Å². The van der Waals surface area contributed by atoms with Crippen LogP contribution in [0.3, 0.4) is 0 Å². The molecule has 0 N–H and O–H groups in total. The molecule has 0 saturated carbocycles. The van der Waals surface area contributed by atoms with Crippen LogP contribution in [0, 0.1) is 5.82 Å². The second kappa shape index (κ2) is 10.4. The molecule has 7 nitrogen and oxygen atoms in total. The molecule has 2 heterocycles. The minimum atomic E-state index is -0.900. The number of carbonyl (C=O) groups is 2. The first-order valence-corrected chi connectivity index (χ1v) is 11.9. The van der Waals surface area contributed by atoms with Gasteiger partial charge in [-0.25, -0.2) is 19.0 Å². The van der Waals surface area contributed by atoms with Gasteiger partial charge in [0, 0.05) is 5.56 Å². The van der Waals surface area contributed by atoms with Gasteiger partial charge in [0.15, 0.2) is 4.80 Å². The van der Waals surface area contributed by atoms with Crippen molar-refractivity contribution in [2.24, 2.45) is 4.99 Å². The number of ether oxygens (including phenoxy) is 2. The van der Waals surface area contributed by atoms with E-state index in [9.17, 15) is 18.8 Å². The molecule has 1 aliphatic heterocycles. The maximum Gasteiger partial charge on any atom is 0.338 e. The Hall–Kier alpha value is -3.82. The lowest BCUT2D eigenvalue weighted by molar-refractivity contribution is -0.138. The summed E-state index contributed by atoms with van der Waals surface area (Å²) >= 11 is 7.20. The molecule has 2 aromatic carbocycles. The number of aromatic nitrogens is 1. The number of nitrogens with zero attached hydrogens (tertiary/aromatic N) is 2. The van der Waals surface area contributed by atoms with Gasteiger partial charge in [0.05, 0.1) is 39.5 Å². The molecule has 1 aliphatic rings. The molecule has 4 rings (SSSR count). The number of carbonyl (C=O) groups excluding carboxylic acids is 2. The number of esters is 2. The number of hydrogen-bond acceptors (Lipinski definition) is 7. The number of methoxy groups -OCH3 is 1. The third-order valence-corrected chi connectivity index (χ3v) is 6.81. The molecule has 0 amide bonds. The third-order valence-electron chi connectivity index (χ3n) is 5.50. The highest BCUT2D eigenvalue weighted by Gasteiger charge is 2.33. The minimum absolute atomic E-state index is 0.0280. The minimum Gasteiger partial charge on any atom is -0.465 e. The van der Waals surface area contributed by atoms with Gasteiger partial charge in [-0.15, -0.1) is 0 Å². The van der Waals surface area contributed by atoms with Gasteiger partial charge in [0.2, 0.25) is 0 Å². The van der Waals surface area contributed by atoms with Crippen molar-refractivity contribution in [2.75, 3.05) is 13.7 Å². The fourth-order valence-electron chi connectivity index (χ4n) is 3.81. The maximum atomic E-state index is 14.4. The van der Waals surface area contributed by atoms with Crippen LogP contribution >= 0.6 is 22.9 Å². The van der Waals surface area contributed by atoms with E-state index in [2.05, 4.69) is 11.6 Å². The van der Waals surface area contributed by atoms with Crippen molar-refractivity contribution in [3.05, 3.63) is 114 Å². The Kier molecular flexibility index (Phi) is 7.32. The van der Waals surface area contributed by atoms with Crippen LogP contribution in [-0.4, -0.2) is 30.2 Å².